The van der Waals surface area contributed by atoms with Crippen LogP contribution in [0, 0.1) is 34.5 Å². The number of unbranched alkanes of at least 4 members (excludes halogenated alkanes) is 1. The maximum absolute atomic E-state index is 15.7. The normalized spacial score (nSPS) is 37.4. The van der Waals surface area contributed by atoms with Gasteiger partial charge >= 0.3 is 12.3 Å². The number of carbonyl (C=O) groups excluding carboxylic acids is 4. The first-order valence-electron chi connectivity index (χ1n) is 14.7. The third kappa shape index (κ3) is 5.56. The van der Waals surface area contributed by atoms with Gasteiger partial charge in [0.2, 0.25) is 5.78 Å². The molecule has 0 aliphatic heterocycles. The molecule has 9 nitrogen and oxygen atoms in total. The number of carbonyl (C=O) groups is 4. The highest BCUT2D eigenvalue weighted by atomic mass is 19.1. The largest absolute Gasteiger partial charge is 0.509 e. The molecule has 4 aliphatic carbocycles. The number of ether oxygens (including phenoxy) is 4. The molecule has 0 spiro atoms. The number of Topliss-reactive ketones (excluding diaryl/α,β-unsaturated/α-hetero) is 1. The van der Waals surface area contributed by atoms with E-state index >= 15 is 4.39 Å². The number of fused-ring (bicyclic) bond motifs is 5. The van der Waals surface area contributed by atoms with Crippen molar-refractivity contribution in [1.29, 1.82) is 0 Å². The van der Waals surface area contributed by atoms with E-state index in [-0.39, 0.29) is 56.0 Å². The number of rotatable bonds is 9. The molecule has 10 heteroatoms. The quantitative estimate of drug-likeness (QED) is 0.287. The van der Waals surface area contributed by atoms with Gasteiger partial charge in [0, 0.05) is 16.7 Å². The maximum atomic E-state index is 15.7. The predicted octanol–water partition coefficient (Wildman–Crippen LogP) is 5.28. The summed E-state index contributed by atoms with van der Waals surface area (Å²) in [5.41, 5.74) is -3.34. The third-order valence-electron chi connectivity index (χ3n) is 9.88. The van der Waals surface area contributed by atoms with Crippen LogP contribution in [0.25, 0.3) is 0 Å². The lowest BCUT2D eigenvalue weighted by atomic mass is 9.46. The fraction of sp³-hybridized carbons (Fsp3) is 0.742. The molecule has 0 aromatic carbocycles. The summed E-state index contributed by atoms with van der Waals surface area (Å²) in [4.78, 5) is 51.1. The van der Waals surface area contributed by atoms with Crippen molar-refractivity contribution in [2.45, 2.75) is 91.0 Å². The number of aliphatic hydroxyl groups is 1. The highest BCUT2D eigenvalue weighted by molar-refractivity contribution is 6.01. The topological polar surface area (TPSA) is 125 Å². The first-order valence-corrected chi connectivity index (χ1v) is 14.7. The Hall–Kier alpha value is -2.75. The molecule has 0 aromatic heterocycles. The summed E-state index contributed by atoms with van der Waals surface area (Å²) in [5, 5.41) is 11.7. The van der Waals surface area contributed by atoms with E-state index in [4.69, 9.17) is 18.9 Å². The molecular weight excluding hydrogens is 535 g/mol. The molecule has 4 rings (SSSR count). The second-order valence-corrected chi connectivity index (χ2v) is 12.9. The summed E-state index contributed by atoms with van der Waals surface area (Å²) < 4.78 is 37.0. The van der Waals surface area contributed by atoms with Crippen LogP contribution in [0.1, 0.15) is 73.1 Å². The van der Waals surface area contributed by atoms with Gasteiger partial charge in [-0.25, -0.2) is 14.0 Å². The van der Waals surface area contributed by atoms with Crippen molar-refractivity contribution in [2.24, 2.45) is 34.5 Å². The van der Waals surface area contributed by atoms with Gasteiger partial charge in [-0.15, -0.1) is 0 Å². The van der Waals surface area contributed by atoms with Crippen LogP contribution in [0.15, 0.2) is 23.8 Å². The van der Waals surface area contributed by atoms with Gasteiger partial charge in [-0.3, -0.25) is 9.59 Å². The smallest absolute Gasteiger partial charge is 0.434 e. The summed E-state index contributed by atoms with van der Waals surface area (Å²) in [5.74, 6) is -1.89. The number of halogens is 1. The van der Waals surface area contributed by atoms with Gasteiger partial charge in [-0.1, -0.05) is 47.1 Å². The Morgan fingerprint density at radius 3 is 2.56 bits per heavy atom. The molecule has 1 N–H and O–H groups in total. The van der Waals surface area contributed by atoms with Gasteiger partial charge in [-0.05, 0) is 67.6 Å². The SMILES string of the molecule is CCCCOC(=O)O[C@]1(C(=O)COC(=O)OCC(C)C)CC[C@H]2[C@@H]3C[C@H](F)C4=CC(=O)C=C[C@]4(C)[C@H]3C(O)C[C@@]21C. The molecule has 0 bridgehead atoms. The van der Waals surface area contributed by atoms with Gasteiger partial charge in [0.15, 0.2) is 18.0 Å². The van der Waals surface area contributed by atoms with E-state index in [1.165, 1.54) is 12.2 Å². The molecule has 41 heavy (non-hydrogen) atoms. The molecule has 0 radical (unpaired) electrons. The molecule has 0 saturated heterocycles. The Kier molecular flexibility index (Phi) is 9.02. The van der Waals surface area contributed by atoms with Crippen molar-refractivity contribution in [3.8, 4) is 0 Å². The Labute approximate surface area is 240 Å². The van der Waals surface area contributed by atoms with Crippen LogP contribution in [0.5, 0.6) is 0 Å². The first-order chi connectivity index (χ1) is 19.3. The van der Waals surface area contributed by atoms with E-state index in [1.807, 2.05) is 27.7 Å². The lowest BCUT2D eigenvalue weighted by Crippen LogP contribution is -2.64. The minimum Gasteiger partial charge on any atom is -0.434 e. The predicted molar refractivity (Wildman–Crippen MR) is 146 cm³/mol. The summed E-state index contributed by atoms with van der Waals surface area (Å²) in [6, 6.07) is 0. The van der Waals surface area contributed by atoms with Crippen LogP contribution in [0.2, 0.25) is 0 Å². The molecule has 3 fully saturated rings. The minimum atomic E-state index is -1.76. The molecule has 4 aliphatic rings. The van der Waals surface area contributed by atoms with E-state index in [1.54, 1.807) is 13.0 Å². The van der Waals surface area contributed by atoms with Gasteiger partial charge in [0.05, 0.1) is 19.3 Å². The van der Waals surface area contributed by atoms with Crippen molar-refractivity contribution >= 4 is 23.9 Å². The number of allylic oxidation sites excluding steroid dienone is 4. The first kappa shape index (κ1) is 31.2. The number of ketones is 2. The molecule has 3 saturated carbocycles. The zero-order chi connectivity index (χ0) is 30.2. The van der Waals surface area contributed by atoms with Gasteiger partial charge < -0.3 is 24.1 Å². The zero-order valence-electron chi connectivity index (χ0n) is 24.7. The van der Waals surface area contributed by atoms with Crippen LogP contribution in [-0.4, -0.2) is 66.7 Å². The summed E-state index contributed by atoms with van der Waals surface area (Å²) in [6.45, 7) is 8.86. The molecule has 8 atom stereocenters. The highest BCUT2D eigenvalue weighted by Gasteiger charge is 2.71. The molecule has 0 heterocycles. The Morgan fingerprint density at radius 2 is 1.88 bits per heavy atom. The van der Waals surface area contributed by atoms with Crippen molar-refractivity contribution in [1.82, 2.24) is 0 Å². The summed E-state index contributed by atoms with van der Waals surface area (Å²) in [7, 11) is 0. The fourth-order valence-corrected chi connectivity index (χ4v) is 7.99. The van der Waals surface area contributed by atoms with Crippen LogP contribution >= 0.6 is 0 Å². The van der Waals surface area contributed by atoms with Crippen molar-refractivity contribution in [3.05, 3.63) is 23.8 Å². The second kappa shape index (κ2) is 11.9. The Bertz CT molecular complexity index is 1110. The standard InChI is InChI=1S/C31H43FO9/c1-6-7-12-38-28(37)41-31(25(35)17-40-27(36)39-16-18(2)3)11-9-21-20-14-23(32)22-13-19(33)8-10-29(22,4)26(20)24(34)15-30(21,31)5/h8,10,13,18,20-21,23-24,26,34H,6-7,9,11-12,14-17H2,1-5H3/t20-,21-,23-,24?,26+,29-,30-,31-/m0/s1. The highest BCUT2D eigenvalue weighted by Crippen LogP contribution is 2.68. The van der Waals surface area contributed by atoms with E-state index < -0.39 is 59.3 Å². The molecule has 0 aromatic rings. The van der Waals surface area contributed by atoms with Crippen molar-refractivity contribution in [3.63, 3.8) is 0 Å². The Morgan fingerprint density at radius 1 is 1.15 bits per heavy atom. The van der Waals surface area contributed by atoms with Crippen LogP contribution < -0.4 is 0 Å². The second-order valence-electron chi connectivity index (χ2n) is 12.9. The zero-order valence-corrected chi connectivity index (χ0v) is 24.7. The average molecular weight is 579 g/mol. The molecule has 0 amide bonds. The third-order valence-corrected chi connectivity index (χ3v) is 9.88. The summed E-state index contributed by atoms with van der Waals surface area (Å²) in [6.07, 6.45) is 2.19. The van der Waals surface area contributed by atoms with Crippen LogP contribution in [-0.2, 0) is 28.5 Å². The monoisotopic (exact) mass is 578 g/mol. The van der Waals surface area contributed by atoms with Gasteiger partial charge in [-0.2, -0.15) is 0 Å². The van der Waals surface area contributed by atoms with Gasteiger partial charge in [0.1, 0.15) is 6.17 Å². The van der Waals surface area contributed by atoms with Gasteiger partial charge in [0.25, 0.3) is 0 Å². The van der Waals surface area contributed by atoms with E-state index in [9.17, 15) is 24.3 Å². The summed E-state index contributed by atoms with van der Waals surface area (Å²) >= 11 is 0. The van der Waals surface area contributed by atoms with E-state index in [0.29, 0.717) is 18.4 Å². The Balaban J connectivity index is 1.65. The molecular formula is C31H43FO9. The maximum Gasteiger partial charge on any atom is 0.509 e. The molecule has 1 unspecified atom stereocenters. The van der Waals surface area contributed by atoms with E-state index in [2.05, 4.69) is 0 Å². The lowest BCUT2D eigenvalue weighted by molar-refractivity contribution is -0.186. The van der Waals surface area contributed by atoms with Crippen LogP contribution in [0.4, 0.5) is 14.0 Å². The number of aliphatic hydroxyl groups excluding tert-OH is 1. The van der Waals surface area contributed by atoms with Crippen LogP contribution in [0.3, 0.4) is 0 Å². The lowest BCUT2D eigenvalue weighted by Gasteiger charge is -2.60. The van der Waals surface area contributed by atoms with Crippen molar-refractivity contribution in [2.75, 3.05) is 19.8 Å². The number of hydrogen-bond donors (Lipinski definition) is 1. The van der Waals surface area contributed by atoms with E-state index in [0.717, 1.165) is 6.42 Å². The number of hydrogen-bond acceptors (Lipinski definition) is 9. The number of alkyl halides is 1. The molecule has 228 valence electrons. The fourth-order valence-electron chi connectivity index (χ4n) is 7.99. The minimum absolute atomic E-state index is 0.0705. The van der Waals surface area contributed by atoms with Crippen molar-refractivity contribution < 1.29 is 47.6 Å². The average Bonchev–Trinajstić information content (AvgIpc) is 3.19.